The average molecular weight is 192 g/mol. The van der Waals surface area contributed by atoms with Crippen LogP contribution in [-0.4, -0.2) is 35.3 Å². The van der Waals surface area contributed by atoms with E-state index in [9.17, 15) is 4.79 Å². The van der Waals surface area contributed by atoms with E-state index in [-0.39, 0.29) is 0 Å². The number of hydrogen-bond acceptors (Lipinski definition) is 3. The van der Waals surface area contributed by atoms with E-state index < -0.39 is 17.1 Å². The molecule has 1 fully saturated rings. The number of halogens is 1. The van der Waals surface area contributed by atoms with Crippen LogP contribution in [0, 0.1) is 0 Å². The third-order valence-corrected chi connectivity index (χ3v) is 2.26. The van der Waals surface area contributed by atoms with Crippen molar-refractivity contribution in [3.63, 3.8) is 0 Å². The minimum atomic E-state index is -1.49. The number of rotatable bonds is 2. The lowest BCUT2D eigenvalue weighted by Gasteiger charge is -2.35. The van der Waals surface area contributed by atoms with Crippen LogP contribution >= 0.6 is 11.6 Å². The highest BCUT2D eigenvalue weighted by molar-refractivity contribution is 6.23. The number of hydrogen-bond donors (Lipinski definition) is 2. The Morgan fingerprint density at radius 1 is 1.92 bits per heavy atom. The lowest BCUT2D eigenvalue weighted by molar-refractivity contribution is -0.163. The third kappa shape index (κ3) is 1.33. The van der Waals surface area contributed by atoms with Gasteiger partial charge in [0.15, 0.2) is 0 Å². The van der Waals surface area contributed by atoms with Crippen LogP contribution in [0.4, 0.5) is 0 Å². The lowest BCUT2D eigenvalue weighted by Crippen LogP contribution is -2.58. The van der Waals surface area contributed by atoms with Crippen LogP contribution in [0.3, 0.4) is 0 Å². The number of nitrogens with one attached hydrogen (secondary N) is 1. The Balaban J connectivity index is 2.88. The summed E-state index contributed by atoms with van der Waals surface area (Å²) in [6.07, 6.45) is 1.21. The fourth-order valence-electron chi connectivity index (χ4n) is 1.05. The van der Waals surface area contributed by atoms with Crippen LogP contribution in [-0.2, 0) is 9.53 Å². The quantitative estimate of drug-likeness (QED) is 0.372. The Bertz CT molecular complexity index is 209. The van der Waals surface area contributed by atoms with Crippen molar-refractivity contribution in [3.8, 4) is 0 Å². The molecule has 1 aliphatic rings. The number of aliphatic carboxylic acids is 1. The smallest absolute Gasteiger partial charge is 0.343 e. The zero-order valence-electron chi connectivity index (χ0n) is 6.42. The van der Waals surface area contributed by atoms with Gasteiger partial charge in [0, 0.05) is 6.54 Å². The summed E-state index contributed by atoms with van der Waals surface area (Å²) in [6, 6.07) is 0. The van der Waals surface area contributed by atoms with E-state index in [4.69, 9.17) is 21.4 Å². The number of carboxylic acid groups (broad SMARTS) is 1. The summed E-state index contributed by atoms with van der Waals surface area (Å²) in [5.74, 6) is -1.12. The van der Waals surface area contributed by atoms with Gasteiger partial charge >= 0.3 is 5.97 Å². The first kappa shape index (κ1) is 9.51. The fourth-order valence-corrected chi connectivity index (χ4v) is 1.40. The van der Waals surface area contributed by atoms with Gasteiger partial charge in [0.1, 0.15) is 5.50 Å². The monoisotopic (exact) mass is 191 g/mol. The van der Waals surface area contributed by atoms with Gasteiger partial charge in [0.25, 0.3) is 0 Å². The van der Waals surface area contributed by atoms with Gasteiger partial charge in [0.2, 0.25) is 5.60 Å². The molecule has 0 saturated carbocycles. The molecule has 0 aromatic rings. The van der Waals surface area contributed by atoms with Crippen molar-refractivity contribution in [3.05, 3.63) is 12.7 Å². The van der Waals surface area contributed by atoms with Crippen molar-refractivity contribution >= 4 is 17.6 Å². The molecule has 0 radical (unpaired) electrons. The van der Waals surface area contributed by atoms with Gasteiger partial charge < -0.3 is 9.84 Å². The summed E-state index contributed by atoms with van der Waals surface area (Å²) in [4.78, 5) is 10.8. The van der Waals surface area contributed by atoms with Gasteiger partial charge in [-0.1, -0.05) is 6.58 Å². The molecule has 0 aromatic carbocycles. The van der Waals surface area contributed by atoms with Crippen molar-refractivity contribution in [2.75, 3.05) is 13.2 Å². The third-order valence-electron chi connectivity index (χ3n) is 1.78. The Labute approximate surface area is 75.2 Å². The second-order valence-corrected chi connectivity index (χ2v) is 2.90. The zero-order valence-corrected chi connectivity index (χ0v) is 7.17. The molecule has 2 N–H and O–H groups in total. The molecule has 1 rings (SSSR count). The molecule has 0 amide bonds. The van der Waals surface area contributed by atoms with Crippen LogP contribution in [0.25, 0.3) is 0 Å². The summed E-state index contributed by atoms with van der Waals surface area (Å²) >= 11 is 5.75. The first-order chi connectivity index (χ1) is 5.63. The van der Waals surface area contributed by atoms with Crippen molar-refractivity contribution in [1.82, 2.24) is 5.32 Å². The molecule has 1 aliphatic heterocycles. The highest BCUT2D eigenvalue weighted by Gasteiger charge is 2.45. The molecule has 1 saturated heterocycles. The van der Waals surface area contributed by atoms with Crippen molar-refractivity contribution in [1.29, 1.82) is 0 Å². The average Bonchev–Trinajstić information content (AvgIpc) is 2.05. The van der Waals surface area contributed by atoms with E-state index in [1.54, 1.807) is 0 Å². The molecule has 12 heavy (non-hydrogen) atoms. The van der Waals surface area contributed by atoms with Crippen LogP contribution < -0.4 is 5.32 Å². The van der Waals surface area contributed by atoms with E-state index in [0.29, 0.717) is 13.2 Å². The summed E-state index contributed by atoms with van der Waals surface area (Å²) < 4.78 is 5.08. The molecule has 1 heterocycles. The second kappa shape index (κ2) is 3.43. The molecular formula is C7H10ClNO3. The van der Waals surface area contributed by atoms with E-state index in [0.717, 1.165) is 0 Å². The van der Waals surface area contributed by atoms with Crippen LogP contribution in [0.1, 0.15) is 0 Å². The molecule has 5 heteroatoms. The van der Waals surface area contributed by atoms with Gasteiger partial charge in [0.05, 0.1) is 6.61 Å². The first-order valence-corrected chi connectivity index (χ1v) is 3.95. The van der Waals surface area contributed by atoms with Gasteiger partial charge in [-0.25, -0.2) is 4.79 Å². The molecule has 0 aromatic heterocycles. The van der Waals surface area contributed by atoms with E-state index in [2.05, 4.69) is 11.9 Å². The Kier molecular flexibility index (Phi) is 2.72. The molecular weight excluding hydrogens is 182 g/mol. The maximum atomic E-state index is 10.8. The molecule has 0 aliphatic carbocycles. The standard InChI is InChI=1S/C7H10ClNO3/c1-2-7(6(10)11)5(8)9-3-4-12-7/h2,5,9H,1,3-4H2,(H,10,11). The van der Waals surface area contributed by atoms with Crippen molar-refractivity contribution < 1.29 is 14.6 Å². The van der Waals surface area contributed by atoms with Gasteiger partial charge in [-0.3, -0.25) is 5.32 Å². The number of alkyl halides is 1. The van der Waals surface area contributed by atoms with E-state index in [1.165, 1.54) is 6.08 Å². The van der Waals surface area contributed by atoms with Crippen molar-refractivity contribution in [2.24, 2.45) is 0 Å². The Morgan fingerprint density at radius 3 is 2.92 bits per heavy atom. The minimum Gasteiger partial charge on any atom is -0.479 e. The number of carboxylic acids is 1. The van der Waals surface area contributed by atoms with Gasteiger partial charge in [-0.15, -0.1) is 11.6 Å². The van der Waals surface area contributed by atoms with Crippen molar-refractivity contribution in [2.45, 2.75) is 11.1 Å². The summed E-state index contributed by atoms with van der Waals surface area (Å²) in [5.41, 5.74) is -2.25. The maximum absolute atomic E-state index is 10.8. The zero-order chi connectivity index (χ0) is 9.19. The molecule has 2 atom stereocenters. The number of ether oxygens (including phenoxy) is 1. The Morgan fingerprint density at radius 2 is 2.58 bits per heavy atom. The highest BCUT2D eigenvalue weighted by Crippen LogP contribution is 2.23. The predicted molar refractivity (Wildman–Crippen MR) is 44.2 cm³/mol. The summed E-state index contributed by atoms with van der Waals surface area (Å²) in [5, 5.41) is 11.6. The predicted octanol–water partition coefficient (Wildman–Crippen LogP) is 0.181. The van der Waals surface area contributed by atoms with Crippen LogP contribution in [0.15, 0.2) is 12.7 Å². The molecule has 68 valence electrons. The minimum absolute atomic E-state index is 0.321. The molecule has 2 unspecified atom stereocenters. The molecule has 4 nitrogen and oxygen atoms in total. The fraction of sp³-hybridized carbons (Fsp3) is 0.571. The summed E-state index contributed by atoms with van der Waals surface area (Å²) in [6.45, 7) is 4.27. The highest BCUT2D eigenvalue weighted by atomic mass is 35.5. The van der Waals surface area contributed by atoms with Gasteiger partial charge in [-0.05, 0) is 6.08 Å². The number of morpholine rings is 1. The number of carbonyl (C=O) groups is 1. The topological polar surface area (TPSA) is 58.6 Å². The molecule has 0 bridgehead atoms. The van der Waals surface area contributed by atoms with Crippen LogP contribution in [0.5, 0.6) is 0 Å². The molecule has 0 spiro atoms. The normalized spacial score (nSPS) is 35.9. The Hall–Kier alpha value is -0.580. The maximum Gasteiger partial charge on any atom is 0.343 e. The van der Waals surface area contributed by atoms with Gasteiger partial charge in [-0.2, -0.15) is 0 Å². The van der Waals surface area contributed by atoms with Crippen LogP contribution in [0.2, 0.25) is 0 Å². The second-order valence-electron chi connectivity index (χ2n) is 2.47. The lowest BCUT2D eigenvalue weighted by atomic mass is 10.0. The van der Waals surface area contributed by atoms with E-state index in [1.807, 2.05) is 0 Å². The van der Waals surface area contributed by atoms with E-state index >= 15 is 0 Å². The largest absolute Gasteiger partial charge is 0.479 e. The summed E-state index contributed by atoms with van der Waals surface area (Å²) in [7, 11) is 0. The SMILES string of the molecule is C=CC1(C(=O)O)OCCNC1Cl. The first-order valence-electron chi connectivity index (χ1n) is 3.52.